The minimum absolute atomic E-state index is 0.142. The predicted octanol–water partition coefficient (Wildman–Crippen LogP) is 5.91. The van der Waals surface area contributed by atoms with E-state index in [0.717, 1.165) is 37.4 Å². The molecule has 156 valence electrons. The van der Waals surface area contributed by atoms with Crippen LogP contribution in [-0.2, 0) is 6.18 Å². The van der Waals surface area contributed by atoms with Gasteiger partial charge < -0.3 is 5.32 Å². The fourth-order valence-corrected chi connectivity index (χ4v) is 5.67. The van der Waals surface area contributed by atoms with Gasteiger partial charge in [0.1, 0.15) is 0 Å². The molecule has 2 saturated heterocycles. The number of piperidine rings is 1. The van der Waals surface area contributed by atoms with Gasteiger partial charge in [-0.25, -0.2) is 0 Å². The highest BCUT2D eigenvalue weighted by atomic mass is 35.5. The number of nitrogens with zero attached hydrogens (tertiary/aromatic N) is 1. The summed E-state index contributed by atoms with van der Waals surface area (Å²) in [7, 11) is 0. The van der Waals surface area contributed by atoms with Crippen LogP contribution < -0.4 is 5.32 Å². The van der Waals surface area contributed by atoms with E-state index in [1.165, 1.54) is 25.0 Å². The van der Waals surface area contributed by atoms with Gasteiger partial charge in [0.2, 0.25) is 0 Å². The minimum atomic E-state index is -4.60. The lowest BCUT2D eigenvalue weighted by Crippen LogP contribution is -2.47. The van der Waals surface area contributed by atoms with E-state index in [9.17, 15) is 18.0 Å². The second kappa shape index (κ2) is 8.28. The molecule has 2 aliphatic heterocycles. The van der Waals surface area contributed by atoms with Crippen LogP contribution in [0.5, 0.6) is 0 Å². The molecule has 29 heavy (non-hydrogen) atoms. The van der Waals surface area contributed by atoms with Crippen LogP contribution >= 0.6 is 22.9 Å². The topological polar surface area (TPSA) is 32.3 Å². The number of amides is 1. The lowest BCUT2D eigenvalue weighted by atomic mass is 9.98. The molecule has 3 nitrogen and oxygen atoms in total. The van der Waals surface area contributed by atoms with Crippen molar-refractivity contribution in [2.75, 3.05) is 6.54 Å². The third kappa shape index (κ3) is 4.18. The van der Waals surface area contributed by atoms with Crippen LogP contribution in [0.2, 0.25) is 5.02 Å². The molecule has 0 aliphatic carbocycles. The molecule has 4 rings (SSSR count). The molecule has 1 unspecified atom stereocenters. The van der Waals surface area contributed by atoms with E-state index >= 15 is 0 Å². The van der Waals surface area contributed by atoms with Crippen molar-refractivity contribution in [3.8, 4) is 0 Å². The number of hydrogen-bond donors (Lipinski definition) is 1. The van der Waals surface area contributed by atoms with Gasteiger partial charge in [-0.1, -0.05) is 24.1 Å². The molecule has 2 aromatic rings. The summed E-state index contributed by atoms with van der Waals surface area (Å²) in [5.74, 6) is -0.572. The lowest BCUT2D eigenvalue weighted by molar-refractivity contribution is -0.137. The number of fused-ring (bicyclic) bond motifs is 1. The highest BCUT2D eigenvalue weighted by molar-refractivity contribution is 7.08. The van der Waals surface area contributed by atoms with Crippen LogP contribution in [-0.4, -0.2) is 29.4 Å². The quantitative estimate of drug-likeness (QED) is 0.638. The zero-order chi connectivity index (χ0) is 20.6. The highest BCUT2D eigenvalue weighted by Gasteiger charge is 2.41. The maximum Gasteiger partial charge on any atom is 0.417 e. The van der Waals surface area contributed by atoms with E-state index in [4.69, 9.17) is 11.6 Å². The van der Waals surface area contributed by atoms with Crippen molar-refractivity contribution >= 4 is 28.8 Å². The summed E-state index contributed by atoms with van der Waals surface area (Å²) in [6.07, 6.45) is 0.972. The molecule has 3 atom stereocenters. The van der Waals surface area contributed by atoms with Crippen LogP contribution in [0.4, 0.5) is 13.2 Å². The van der Waals surface area contributed by atoms with E-state index < -0.39 is 22.7 Å². The Morgan fingerprint density at radius 1 is 1.21 bits per heavy atom. The number of carbonyl (C=O) groups is 1. The van der Waals surface area contributed by atoms with Gasteiger partial charge in [0.05, 0.1) is 22.2 Å². The van der Waals surface area contributed by atoms with Crippen LogP contribution in [0.25, 0.3) is 0 Å². The van der Waals surface area contributed by atoms with Crippen molar-refractivity contribution in [3.05, 3.63) is 56.7 Å². The molecule has 0 spiro atoms. The molecule has 1 aromatic carbocycles. The number of rotatable bonds is 4. The van der Waals surface area contributed by atoms with E-state index in [2.05, 4.69) is 10.2 Å². The number of nitrogens with one attached hydrogen (secondary N) is 1. The molecule has 0 saturated carbocycles. The standard InChI is InChI=1S/C21H22ClF3N2OS/c22-18-15(5-3-6-16(18)21(23,24)25)20(28)26-19(13-9-11-29-12-13)17-8-7-14-4-1-2-10-27(14)17/h3,5-6,9,11-12,14,17,19H,1-2,4,7-8,10H2,(H,26,28)/t14-,17-,19?/m0/s1. The normalized spacial score (nSPS) is 23.6. The molecular weight excluding hydrogens is 421 g/mol. The molecule has 1 N–H and O–H groups in total. The van der Waals surface area contributed by atoms with E-state index in [0.29, 0.717) is 6.04 Å². The Hall–Kier alpha value is -1.57. The lowest BCUT2D eigenvalue weighted by Gasteiger charge is -2.38. The van der Waals surface area contributed by atoms with E-state index in [-0.39, 0.29) is 17.6 Å². The maximum atomic E-state index is 13.2. The number of halogens is 4. The summed E-state index contributed by atoms with van der Waals surface area (Å²) in [5, 5.41) is 6.40. The van der Waals surface area contributed by atoms with Gasteiger partial charge in [-0.2, -0.15) is 24.5 Å². The number of hydrogen-bond acceptors (Lipinski definition) is 3. The van der Waals surface area contributed by atoms with Crippen molar-refractivity contribution in [1.29, 1.82) is 0 Å². The molecule has 1 aromatic heterocycles. The minimum Gasteiger partial charge on any atom is -0.344 e. The molecule has 0 radical (unpaired) electrons. The van der Waals surface area contributed by atoms with Gasteiger partial charge in [0, 0.05) is 12.1 Å². The van der Waals surface area contributed by atoms with Crippen molar-refractivity contribution in [1.82, 2.24) is 10.2 Å². The Bertz CT molecular complexity index is 871. The van der Waals surface area contributed by atoms with Crippen molar-refractivity contribution < 1.29 is 18.0 Å². The number of benzene rings is 1. The van der Waals surface area contributed by atoms with E-state index in [1.807, 2.05) is 16.8 Å². The van der Waals surface area contributed by atoms with Gasteiger partial charge in [-0.3, -0.25) is 9.69 Å². The molecular formula is C21H22ClF3N2OS. The maximum absolute atomic E-state index is 13.2. The van der Waals surface area contributed by atoms with Crippen LogP contribution in [0, 0.1) is 0 Å². The zero-order valence-electron chi connectivity index (χ0n) is 15.7. The number of alkyl halides is 3. The Morgan fingerprint density at radius 3 is 2.76 bits per heavy atom. The highest BCUT2D eigenvalue weighted by Crippen LogP contribution is 2.39. The largest absolute Gasteiger partial charge is 0.417 e. The SMILES string of the molecule is O=C(NC(c1ccsc1)[C@@H]1CC[C@@H]2CCCCN21)c1cccc(C(F)(F)F)c1Cl. The summed E-state index contributed by atoms with van der Waals surface area (Å²) in [6, 6.07) is 5.83. The smallest absolute Gasteiger partial charge is 0.344 e. The van der Waals surface area contributed by atoms with Gasteiger partial charge in [0.25, 0.3) is 5.91 Å². The van der Waals surface area contributed by atoms with Gasteiger partial charge in [-0.15, -0.1) is 0 Å². The van der Waals surface area contributed by atoms with Crippen molar-refractivity contribution in [2.24, 2.45) is 0 Å². The Labute approximate surface area is 176 Å². The Morgan fingerprint density at radius 2 is 2.03 bits per heavy atom. The Balaban J connectivity index is 1.62. The zero-order valence-corrected chi connectivity index (χ0v) is 17.3. The molecule has 3 heterocycles. The molecule has 1 amide bonds. The third-order valence-corrected chi connectivity index (χ3v) is 7.13. The summed E-state index contributed by atoms with van der Waals surface area (Å²) in [4.78, 5) is 15.5. The molecule has 2 fully saturated rings. The number of thiophene rings is 1. The van der Waals surface area contributed by atoms with Gasteiger partial charge in [0.15, 0.2) is 0 Å². The summed E-state index contributed by atoms with van der Waals surface area (Å²) < 4.78 is 39.6. The fourth-order valence-electron chi connectivity index (χ4n) is 4.66. The second-order valence-electron chi connectivity index (χ2n) is 7.70. The predicted molar refractivity (Wildman–Crippen MR) is 108 cm³/mol. The fraction of sp³-hybridized carbons (Fsp3) is 0.476. The molecule has 0 bridgehead atoms. The monoisotopic (exact) mass is 442 g/mol. The second-order valence-corrected chi connectivity index (χ2v) is 8.86. The Kier molecular flexibility index (Phi) is 5.91. The van der Waals surface area contributed by atoms with Crippen LogP contribution in [0.3, 0.4) is 0 Å². The van der Waals surface area contributed by atoms with Crippen LogP contribution in [0.1, 0.15) is 59.6 Å². The van der Waals surface area contributed by atoms with Gasteiger partial charge >= 0.3 is 6.18 Å². The molecule has 8 heteroatoms. The van der Waals surface area contributed by atoms with Crippen LogP contribution in [0.15, 0.2) is 35.0 Å². The number of carbonyl (C=O) groups excluding carboxylic acids is 1. The first-order valence-corrected chi connectivity index (χ1v) is 11.1. The van der Waals surface area contributed by atoms with Crippen molar-refractivity contribution in [3.63, 3.8) is 0 Å². The summed E-state index contributed by atoms with van der Waals surface area (Å²) in [6.45, 7) is 0.996. The first kappa shape index (κ1) is 20.7. The summed E-state index contributed by atoms with van der Waals surface area (Å²) >= 11 is 7.52. The van der Waals surface area contributed by atoms with E-state index in [1.54, 1.807) is 11.3 Å². The van der Waals surface area contributed by atoms with Gasteiger partial charge in [-0.05, 0) is 66.8 Å². The summed E-state index contributed by atoms with van der Waals surface area (Å²) in [5.41, 5.74) is -0.145. The molecule has 2 aliphatic rings. The average molecular weight is 443 g/mol. The average Bonchev–Trinajstić information content (AvgIpc) is 3.35. The van der Waals surface area contributed by atoms with Crippen molar-refractivity contribution in [2.45, 2.75) is 56.4 Å². The first-order chi connectivity index (χ1) is 13.9. The first-order valence-electron chi connectivity index (χ1n) is 9.80. The third-order valence-electron chi connectivity index (χ3n) is 6.02.